The van der Waals surface area contributed by atoms with E-state index in [0.717, 1.165) is 16.1 Å². The van der Waals surface area contributed by atoms with Crippen molar-refractivity contribution in [1.82, 2.24) is 0 Å². The van der Waals surface area contributed by atoms with Gasteiger partial charge in [-0.25, -0.2) is 4.39 Å². The molecule has 4 rings (SSSR count). The Labute approximate surface area is 155 Å². The number of nitrogens with zero attached hydrogens (tertiary/aromatic N) is 1. The third-order valence-corrected chi connectivity index (χ3v) is 5.21. The number of anilines is 2. The Balaban J connectivity index is 1.82. The lowest BCUT2D eigenvalue weighted by Gasteiger charge is -2.38. The van der Waals surface area contributed by atoms with Crippen molar-refractivity contribution in [1.29, 1.82) is 0 Å². The first-order valence-corrected chi connectivity index (χ1v) is 9.48. The van der Waals surface area contributed by atoms with Gasteiger partial charge in [-0.1, -0.05) is 24.3 Å². The number of hydrogen-bond acceptors (Lipinski definition) is 3. The van der Waals surface area contributed by atoms with Gasteiger partial charge in [0.2, 0.25) is 0 Å². The van der Waals surface area contributed by atoms with Crippen molar-refractivity contribution >= 4 is 29.0 Å². The van der Waals surface area contributed by atoms with Crippen LogP contribution in [0.1, 0.15) is 22.1 Å². The van der Waals surface area contributed by atoms with Gasteiger partial charge in [-0.05, 0) is 60.4 Å². The Morgan fingerprint density at radius 1 is 0.962 bits per heavy atom. The lowest BCUT2D eigenvalue weighted by atomic mass is 10.0. The number of fused-ring (bicyclic) bond motifs is 1. The number of halogens is 1. The summed E-state index contributed by atoms with van der Waals surface area (Å²) in [5, 5.41) is 3.45. The molecule has 1 atom stereocenters. The molecular weight excluding hydrogens is 347 g/mol. The first kappa shape index (κ1) is 16.7. The van der Waals surface area contributed by atoms with Crippen LogP contribution in [-0.4, -0.2) is 12.2 Å². The Hall–Kier alpha value is -2.79. The Bertz CT molecular complexity index is 941. The number of hydrogen-bond donors (Lipinski definition) is 1. The Kier molecular flexibility index (Phi) is 4.39. The zero-order valence-corrected chi connectivity index (χ0v) is 15.0. The van der Waals surface area contributed by atoms with Gasteiger partial charge >= 0.3 is 0 Å². The summed E-state index contributed by atoms with van der Waals surface area (Å²) in [7, 11) is 0. The summed E-state index contributed by atoms with van der Waals surface area (Å²) in [6.45, 7) is 0. The number of nitrogens with one attached hydrogen (secondary N) is 1. The molecule has 0 radical (unpaired) electrons. The van der Waals surface area contributed by atoms with Gasteiger partial charge in [0.1, 0.15) is 12.0 Å². The molecule has 3 aromatic rings. The van der Waals surface area contributed by atoms with Crippen LogP contribution >= 0.6 is 11.8 Å². The van der Waals surface area contributed by atoms with E-state index in [4.69, 9.17) is 0 Å². The summed E-state index contributed by atoms with van der Waals surface area (Å²) < 4.78 is 13.4. The molecular formula is C21H17FN2OS. The standard InChI is InChI=1S/C21H17FN2OS/c1-26-17-12-6-14(7-13-17)20-23-19-5-3-2-4-18(19)21(25)24(20)16-10-8-15(22)9-11-16/h2-13,20,23H,1H3. The van der Waals surface area contributed by atoms with Gasteiger partial charge < -0.3 is 5.32 Å². The smallest absolute Gasteiger partial charge is 0.262 e. The van der Waals surface area contributed by atoms with Crippen molar-refractivity contribution in [2.45, 2.75) is 11.1 Å². The molecule has 0 aliphatic carbocycles. The molecule has 0 saturated heterocycles. The number of thioether (sulfide) groups is 1. The lowest BCUT2D eigenvalue weighted by Crippen LogP contribution is -2.43. The maximum atomic E-state index is 13.4. The zero-order chi connectivity index (χ0) is 18.1. The second kappa shape index (κ2) is 6.84. The van der Waals surface area contributed by atoms with Gasteiger partial charge in [0.25, 0.3) is 5.91 Å². The van der Waals surface area contributed by atoms with E-state index in [9.17, 15) is 9.18 Å². The molecule has 5 heteroatoms. The largest absolute Gasteiger partial charge is 0.360 e. The van der Waals surface area contributed by atoms with Gasteiger partial charge in [0, 0.05) is 16.3 Å². The number of para-hydroxylation sites is 1. The maximum Gasteiger partial charge on any atom is 0.262 e. The first-order valence-electron chi connectivity index (χ1n) is 8.26. The monoisotopic (exact) mass is 364 g/mol. The summed E-state index contributed by atoms with van der Waals surface area (Å²) >= 11 is 1.67. The van der Waals surface area contributed by atoms with Gasteiger partial charge in [0.15, 0.2) is 0 Å². The Morgan fingerprint density at radius 2 is 1.65 bits per heavy atom. The van der Waals surface area contributed by atoms with E-state index in [1.165, 1.54) is 12.1 Å². The molecule has 0 saturated carbocycles. The zero-order valence-electron chi connectivity index (χ0n) is 14.1. The molecule has 0 bridgehead atoms. The highest BCUT2D eigenvalue weighted by Gasteiger charge is 2.33. The van der Waals surface area contributed by atoms with E-state index < -0.39 is 0 Å². The number of amides is 1. The highest BCUT2D eigenvalue weighted by atomic mass is 32.2. The number of carbonyl (C=O) groups is 1. The third kappa shape index (κ3) is 2.95. The predicted octanol–water partition coefficient (Wildman–Crippen LogP) is 5.32. The minimum atomic E-state index is -0.362. The van der Waals surface area contributed by atoms with E-state index in [0.29, 0.717) is 11.3 Å². The SMILES string of the molecule is CSc1ccc(C2Nc3ccccc3C(=O)N2c2ccc(F)cc2)cc1. The average Bonchev–Trinajstić information content (AvgIpc) is 2.69. The molecule has 3 aromatic carbocycles. The van der Waals surface area contributed by atoms with Crippen molar-refractivity contribution < 1.29 is 9.18 Å². The van der Waals surface area contributed by atoms with E-state index in [-0.39, 0.29) is 17.9 Å². The van der Waals surface area contributed by atoms with Crippen molar-refractivity contribution in [2.75, 3.05) is 16.5 Å². The summed E-state index contributed by atoms with van der Waals surface area (Å²) in [5.74, 6) is -0.433. The minimum Gasteiger partial charge on any atom is -0.360 e. The minimum absolute atomic E-state index is 0.107. The van der Waals surface area contributed by atoms with Crippen LogP contribution < -0.4 is 10.2 Å². The van der Waals surface area contributed by atoms with Crippen LogP contribution in [-0.2, 0) is 0 Å². The molecule has 1 N–H and O–H groups in total. The molecule has 0 aromatic heterocycles. The second-order valence-corrected chi connectivity index (χ2v) is 6.90. The second-order valence-electron chi connectivity index (χ2n) is 6.02. The van der Waals surface area contributed by atoms with Gasteiger partial charge in [-0.15, -0.1) is 11.8 Å². The summed E-state index contributed by atoms with van der Waals surface area (Å²) in [6, 6.07) is 21.6. The lowest BCUT2D eigenvalue weighted by molar-refractivity contribution is 0.0975. The summed E-state index contributed by atoms with van der Waals surface area (Å²) in [6.07, 6.45) is 1.66. The predicted molar refractivity (Wildman–Crippen MR) is 104 cm³/mol. The number of rotatable bonds is 3. The maximum absolute atomic E-state index is 13.4. The fourth-order valence-corrected chi connectivity index (χ4v) is 3.55. The molecule has 1 heterocycles. The molecule has 1 aliphatic heterocycles. The van der Waals surface area contributed by atoms with Gasteiger partial charge in [0.05, 0.1) is 5.56 Å². The Morgan fingerprint density at radius 3 is 2.35 bits per heavy atom. The number of carbonyl (C=O) groups excluding carboxylic acids is 1. The van der Waals surface area contributed by atoms with Crippen molar-refractivity contribution in [3.05, 3.63) is 89.7 Å². The molecule has 3 nitrogen and oxygen atoms in total. The van der Waals surface area contributed by atoms with E-state index in [1.807, 2.05) is 48.7 Å². The molecule has 0 fully saturated rings. The van der Waals surface area contributed by atoms with Crippen LogP contribution in [0, 0.1) is 5.82 Å². The fraction of sp³-hybridized carbons (Fsp3) is 0.0952. The molecule has 0 spiro atoms. The van der Waals surface area contributed by atoms with E-state index in [1.54, 1.807) is 34.9 Å². The van der Waals surface area contributed by atoms with Crippen LogP contribution in [0.25, 0.3) is 0 Å². The van der Waals surface area contributed by atoms with Crippen LogP contribution in [0.15, 0.2) is 77.7 Å². The normalized spacial score (nSPS) is 16.2. The molecule has 1 unspecified atom stereocenters. The van der Waals surface area contributed by atoms with Crippen LogP contribution in [0.2, 0.25) is 0 Å². The van der Waals surface area contributed by atoms with Crippen LogP contribution in [0.4, 0.5) is 15.8 Å². The molecule has 130 valence electrons. The highest BCUT2D eigenvalue weighted by molar-refractivity contribution is 7.98. The summed E-state index contributed by atoms with van der Waals surface area (Å²) in [5.41, 5.74) is 3.02. The summed E-state index contributed by atoms with van der Waals surface area (Å²) in [4.78, 5) is 16.0. The molecule has 1 amide bonds. The van der Waals surface area contributed by atoms with Crippen molar-refractivity contribution in [3.63, 3.8) is 0 Å². The van der Waals surface area contributed by atoms with Crippen LogP contribution in [0.5, 0.6) is 0 Å². The highest BCUT2D eigenvalue weighted by Crippen LogP contribution is 2.36. The van der Waals surface area contributed by atoms with Gasteiger partial charge in [-0.2, -0.15) is 0 Å². The van der Waals surface area contributed by atoms with E-state index in [2.05, 4.69) is 5.32 Å². The molecule has 1 aliphatic rings. The van der Waals surface area contributed by atoms with Crippen LogP contribution in [0.3, 0.4) is 0 Å². The molecule has 26 heavy (non-hydrogen) atoms. The average molecular weight is 364 g/mol. The topological polar surface area (TPSA) is 32.3 Å². The van der Waals surface area contributed by atoms with Crippen molar-refractivity contribution in [2.24, 2.45) is 0 Å². The van der Waals surface area contributed by atoms with Gasteiger partial charge in [-0.3, -0.25) is 9.69 Å². The fourth-order valence-electron chi connectivity index (χ4n) is 3.14. The number of benzene rings is 3. The first-order chi connectivity index (χ1) is 12.7. The third-order valence-electron chi connectivity index (χ3n) is 4.46. The van der Waals surface area contributed by atoms with E-state index >= 15 is 0 Å². The quantitative estimate of drug-likeness (QED) is 0.639. The van der Waals surface area contributed by atoms with Crippen molar-refractivity contribution in [3.8, 4) is 0 Å².